The van der Waals surface area contributed by atoms with Gasteiger partial charge in [-0.15, -0.1) is 5.10 Å². The maximum Gasteiger partial charge on any atom is 0.323 e. The second-order valence-corrected chi connectivity index (χ2v) is 7.06. The molecule has 1 unspecified atom stereocenters. The number of ether oxygens (including phenoxy) is 1. The van der Waals surface area contributed by atoms with Gasteiger partial charge in [0.15, 0.2) is 11.9 Å². The maximum absolute atomic E-state index is 15.7. The Bertz CT molecular complexity index is 1300. The lowest BCUT2D eigenvalue weighted by Gasteiger charge is -2.35. The molecule has 4 rings (SSSR count). The molecule has 0 aliphatic heterocycles. The average molecular weight is 474 g/mol. The molecule has 1 atom stereocenters. The molecule has 174 valence electrons. The summed E-state index contributed by atoms with van der Waals surface area (Å²) in [5.41, 5.74) is -4.97. The van der Waals surface area contributed by atoms with Gasteiger partial charge in [-0.05, 0) is 46.8 Å². The van der Waals surface area contributed by atoms with Gasteiger partial charge in [0, 0.05) is 17.8 Å². The molecule has 0 saturated carbocycles. The van der Waals surface area contributed by atoms with Gasteiger partial charge in [0.05, 0.1) is 18.3 Å². The normalized spacial score (nSPS) is 13.3. The lowest BCUT2D eigenvalue weighted by Crippen LogP contribution is -2.48. The zero-order valence-electron chi connectivity index (χ0n) is 17.0. The summed E-state index contributed by atoms with van der Waals surface area (Å²) in [5, 5.41) is 21.2. The second-order valence-electron chi connectivity index (χ2n) is 7.06. The summed E-state index contributed by atoms with van der Waals surface area (Å²) in [7, 11) is 0. The van der Waals surface area contributed by atoms with E-state index in [0.717, 1.165) is 35.4 Å². The van der Waals surface area contributed by atoms with Crippen molar-refractivity contribution in [1.29, 1.82) is 0 Å². The molecule has 9 nitrogen and oxygen atoms in total. The van der Waals surface area contributed by atoms with E-state index in [-0.39, 0.29) is 17.2 Å². The van der Waals surface area contributed by atoms with Crippen molar-refractivity contribution in [2.24, 2.45) is 0 Å². The van der Waals surface area contributed by atoms with Gasteiger partial charge < -0.3 is 9.84 Å². The number of carbonyl (C=O) groups excluding carboxylic acids is 1. The topological polar surface area (TPSA) is 116 Å². The Morgan fingerprint density at radius 3 is 2.59 bits per heavy atom. The van der Waals surface area contributed by atoms with Crippen LogP contribution in [0.1, 0.15) is 21.6 Å². The summed E-state index contributed by atoms with van der Waals surface area (Å²) in [6.45, 7) is -0.980. The SMILES string of the molecule is O=Cc1cccnc1Oc1ccc(C(F)(F)C(O)(Cn2cnnn2)c2ccc(F)cc2F)nc1. The van der Waals surface area contributed by atoms with Gasteiger partial charge in [-0.25, -0.2) is 18.4 Å². The Labute approximate surface area is 188 Å². The third-order valence-electron chi connectivity index (χ3n) is 4.88. The monoisotopic (exact) mass is 474 g/mol. The summed E-state index contributed by atoms with van der Waals surface area (Å²) >= 11 is 0. The van der Waals surface area contributed by atoms with Crippen LogP contribution < -0.4 is 4.74 Å². The molecule has 13 heteroatoms. The highest BCUT2D eigenvalue weighted by molar-refractivity contribution is 5.78. The van der Waals surface area contributed by atoms with E-state index in [4.69, 9.17) is 4.74 Å². The summed E-state index contributed by atoms with van der Waals surface area (Å²) in [6, 6.07) is 6.74. The van der Waals surface area contributed by atoms with Crippen LogP contribution in [0.4, 0.5) is 17.6 Å². The van der Waals surface area contributed by atoms with Crippen LogP contribution in [-0.2, 0) is 18.1 Å². The first-order valence-corrected chi connectivity index (χ1v) is 9.55. The minimum Gasteiger partial charge on any atom is -0.437 e. The van der Waals surface area contributed by atoms with E-state index in [1.807, 2.05) is 0 Å². The number of rotatable bonds is 8. The van der Waals surface area contributed by atoms with Crippen LogP contribution in [-0.4, -0.2) is 41.6 Å². The zero-order chi connectivity index (χ0) is 24.3. The number of hydrogen-bond donors (Lipinski definition) is 1. The van der Waals surface area contributed by atoms with E-state index < -0.39 is 41.0 Å². The Morgan fingerprint density at radius 1 is 1.12 bits per heavy atom. The van der Waals surface area contributed by atoms with E-state index >= 15 is 8.78 Å². The van der Waals surface area contributed by atoms with E-state index in [1.54, 1.807) is 0 Å². The van der Waals surface area contributed by atoms with Crippen LogP contribution in [0.5, 0.6) is 11.6 Å². The minimum atomic E-state index is -4.21. The molecule has 3 aromatic heterocycles. The third kappa shape index (κ3) is 4.20. The number of aldehydes is 1. The Kier molecular flexibility index (Phi) is 6.03. The molecule has 34 heavy (non-hydrogen) atoms. The molecule has 0 amide bonds. The molecule has 0 aliphatic rings. The van der Waals surface area contributed by atoms with Crippen LogP contribution in [0.2, 0.25) is 0 Å². The standard InChI is InChI=1S/C21H14F4N6O3/c22-14-3-5-16(17(23)8-14)20(33,11-31-12-28-29-30-31)21(24,25)18-6-4-15(9-27-18)34-19-13(10-32)2-1-7-26-19/h1-10,12,33H,11H2. The molecule has 0 bridgehead atoms. The van der Waals surface area contributed by atoms with Crippen molar-refractivity contribution >= 4 is 6.29 Å². The van der Waals surface area contributed by atoms with Crippen molar-refractivity contribution in [2.45, 2.75) is 18.1 Å². The maximum atomic E-state index is 15.7. The molecule has 0 saturated heterocycles. The van der Waals surface area contributed by atoms with Gasteiger partial charge in [0.25, 0.3) is 0 Å². The number of aromatic nitrogens is 6. The highest BCUT2D eigenvalue weighted by atomic mass is 19.3. The number of pyridine rings is 2. The van der Waals surface area contributed by atoms with Crippen LogP contribution in [0.15, 0.2) is 61.2 Å². The summed E-state index contributed by atoms with van der Waals surface area (Å²) in [4.78, 5) is 18.6. The summed E-state index contributed by atoms with van der Waals surface area (Å²) in [6.07, 6.45) is 3.75. The van der Waals surface area contributed by atoms with Gasteiger partial charge in [-0.1, -0.05) is 0 Å². The predicted molar refractivity (Wildman–Crippen MR) is 106 cm³/mol. The van der Waals surface area contributed by atoms with Crippen LogP contribution in [0.25, 0.3) is 0 Å². The van der Waals surface area contributed by atoms with E-state index in [1.165, 1.54) is 18.3 Å². The number of hydrogen-bond acceptors (Lipinski definition) is 8. The summed E-state index contributed by atoms with van der Waals surface area (Å²) in [5.74, 6) is -6.72. The first kappa shape index (κ1) is 22.9. The molecule has 4 aromatic rings. The molecule has 0 aliphatic carbocycles. The fourth-order valence-corrected chi connectivity index (χ4v) is 3.19. The molecular weight excluding hydrogens is 460 g/mol. The summed E-state index contributed by atoms with van der Waals surface area (Å²) < 4.78 is 65.5. The highest BCUT2D eigenvalue weighted by Crippen LogP contribution is 2.46. The van der Waals surface area contributed by atoms with Gasteiger partial charge in [0.2, 0.25) is 5.88 Å². The molecule has 1 N–H and O–H groups in total. The van der Waals surface area contributed by atoms with Crippen LogP contribution in [0, 0.1) is 11.6 Å². The fourth-order valence-electron chi connectivity index (χ4n) is 3.19. The van der Waals surface area contributed by atoms with E-state index in [2.05, 4.69) is 25.5 Å². The molecule has 0 spiro atoms. The molecule has 0 radical (unpaired) electrons. The number of tetrazole rings is 1. The van der Waals surface area contributed by atoms with Gasteiger partial charge in [-0.2, -0.15) is 8.78 Å². The average Bonchev–Trinajstić information content (AvgIpc) is 3.32. The minimum absolute atomic E-state index is 0.0293. The van der Waals surface area contributed by atoms with Gasteiger partial charge in [-0.3, -0.25) is 9.78 Å². The highest BCUT2D eigenvalue weighted by Gasteiger charge is 2.58. The number of halogens is 4. The zero-order valence-corrected chi connectivity index (χ0v) is 17.0. The van der Waals surface area contributed by atoms with Crippen LogP contribution >= 0.6 is 0 Å². The van der Waals surface area contributed by atoms with Crippen molar-refractivity contribution in [3.8, 4) is 11.6 Å². The third-order valence-corrected chi connectivity index (χ3v) is 4.88. The lowest BCUT2D eigenvalue weighted by atomic mass is 9.84. The van der Waals surface area contributed by atoms with Crippen molar-refractivity contribution < 1.29 is 32.2 Å². The largest absolute Gasteiger partial charge is 0.437 e. The number of aliphatic hydroxyl groups is 1. The van der Waals surface area contributed by atoms with E-state index in [9.17, 15) is 18.7 Å². The Hall–Kier alpha value is -4.26. The smallest absolute Gasteiger partial charge is 0.323 e. The van der Waals surface area contributed by atoms with Crippen molar-refractivity contribution in [2.75, 3.05) is 0 Å². The fraction of sp³-hybridized carbons (Fsp3) is 0.143. The first-order chi connectivity index (χ1) is 16.2. The van der Waals surface area contributed by atoms with Crippen molar-refractivity contribution in [1.82, 2.24) is 30.2 Å². The number of alkyl halides is 2. The quantitative estimate of drug-likeness (QED) is 0.306. The van der Waals surface area contributed by atoms with Crippen LogP contribution in [0.3, 0.4) is 0 Å². The van der Waals surface area contributed by atoms with E-state index in [0.29, 0.717) is 18.4 Å². The number of benzene rings is 1. The Balaban J connectivity index is 1.72. The Morgan fingerprint density at radius 2 is 1.94 bits per heavy atom. The molecule has 0 fully saturated rings. The molecule has 3 heterocycles. The first-order valence-electron chi connectivity index (χ1n) is 9.55. The lowest BCUT2D eigenvalue weighted by molar-refractivity contribution is -0.207. The number of nitrogens with zero attached hydrogens (tertiary/aromatic N) is 6. The predicted octanol–water partition coefficient (Wildman–Crippen LogP) is 3.03. The van der Waals surface area contributed by atoms with Crippen molar-refractivity contribution in [3.63, 3.8) is 0 Å². The van der Waals surface area contributed by atoms with Crippen molar-refractivity contribution in [3.05, 3.63) is 89.6 Å². The molecule has 1 aromatic carbocycles. The van der Waals surface area contributed by atoms with Gasteiger partial charge >= 0.3 is 5.92 Å². The second kappa shape index (κ2) is 8.94. The number of carbonyl (C=O) groups is 1. The van der Waals surface area contributed by atoms with Gasteiger partial charge in [0.1, 0.15) is 29.4 Å². The molecular formula is C21H14F4N6O3.